The molecule has 2 aliphatic rings. The van der Waals surface area contributed by atoms with E-state index in [-0.39, 0.29) is 22.8 Å². The van der Waals surface area contributed by atoms with Crippen LogP contribution in [0.25, 0.3) is 0 Å². The zero-order valence-electron chi connectivity index (χ0n) is 11.7. The van der Waals surface area contributed by atoms with E-state index in [2.05, 4.69) is 0 Å². The van der Waals surface area contributed by atoms with Crippen molar-refractivity contribution >= 4 is 11.6 Å². The van der Waals surface area contributed by atoms with Crippen LogP contribution in [-0.4, -0.2) is 49.1 Å². The van der Waals surface area contributed by atoms with E-state index in [9.17, 15) is 14.9 Å². The molecule has 0 atom stereocenters. The van der Waals surface area contributed by atoms with Gasteiger partial charge in [-0.1, -0.05) is 0 Å². The maximum atomic E-state index is 12.5. The molecule has 3 rings (SSSR count). The summed E-state index contributed by atoms with van der Waals surface area (Å²) in [6, 6.07) is 4.22. The highest BCUT2D eigenvalue weighted by Gasteiger charge is 2.45. The Labute approximate surface area is 121 Å². The number of carbonyl (C=O) groups excluding carboxylic acids is 1. The Balaban J connectivity index is 1.80. The van der Waals surface area contributed by atoms with Crippen LogP contribution in [0, 0.1) is 15.5 Å². The number of likely N-dealkylation sites (tertiary alicyclic amines) is 1. The van der Waals surface area contributed by atoms with Crippen LogP contribution in [0.2, 0.25) is 0 Å². The molecule has 7 heteroatoms. The summed E-state index contributed by atoms with van der Waals surface area (Å²) in [6.45, 7) is 2.80. The molecule has 0 saturated carbocycles. The van der Waals surface area contributed by atoms with Crippen LogP contribution in [0.3, 0.4) is 0 Å². The molecule has 0 bridgehead atoms. The van der Waals surface area contributed by atoms with E-state index in [4.69, 9.17) is 9.47 Å². The molecule has 0 unspecified atom stereocenters. The molecule has 0 N–H and O–H groups in total. The molecule has 2 saturated heterocycles. The van der Waals surface area contributed by atoms with E-state index in [1.807, 2.05) is 0 Å². The fourth-order valence-corrected chi connectivity index (χ4v) is 2.88. The molecule has 0 aliphatic carbocycles. The molecule has 1 aromatic carbocycles. The van der Waals surface area contributed by atoms with E-state index in [1.165, 1.54) is 25.3 Å². The number of amides is 1. The van der Waals surface area contributed by atoms with Crippen LogP contribution in [0.5, 0.6) is 5.75 Å². The summed E-state index contributed by atoms with van der Waals surface area (Å²) in [6.07, 6.45) is 0.947. The molecule has 112 valence electrons. The molecule has 2 fully saturated rings. The number of nitrogens with zero attached hydrogens (tertiary/aromatic N) is 2. The summed E-state index contributed by atoms with van der Waals surface area (Å²) in [7, 11) is 1.35. The standard InChI is InChI=1S/C14H16N2O5/c1-20-12-6-10(2-3-11(12)16(18)19)13(17)15-5-4-14(7-15)8-21-9-14/h2-3,6H,4-5,7-9H2,1H3. The molecule has 0 aromatic heterocycles. The first-order chi connectivity index (χ1) is 10.0. The van der Waals surface area contributed by atoms with Crippen molar-refractivity contribution in [2.45, 2.75) is 6.42 Å². The van der Waals surface area contributed by atoms with Crippen LogP contribution in [0.15, 0.2) is 18.2 Å². The fourth-order valence-electron chi connectivity index (χ4n) is 2.88. The molecule has 2 heterocycles. The average Bonchev–Trinajstić information content (AvgIpc) is 2.91. The van der Waals surface area contributed by atoms with Gasteiger partial charge < -0.3 is 14.4 Å². The largest absolute Gasteiger partial charge is 0.490 e. The number of hydrogen-bond donors (Lipinski definition) is 0. The predicted molar refractivity (Wildman–Crippen MR) is 73.4 cm³/mol. The Morgan fingerprint density at radius 1 is 1.48 bits per heavy atom. The first kappa shape index (κ1) is 13.8. The molecular weight excluding hydrogens is 276 g/mol. The Morgan fingerprint density at radius 2 is 2.24 bits per heavy atom. The van der Waals surface area contributed by atoms with Crippen LogP contribution >= 0.6 is 0 Å². The van der Waals surface area contributed by atoms with Crippen molar-refractivity contribution in [1.82, 2.24) is 4.90 Å². The van der Waals surface area contributed by atoms with E-state index in [1.54, 1.807) is 4.90 Å². The fraction of sp³-hybridized carbons (Fsp3) is 0.500. The maximum Gasteiger partial charge on any atom is 0.310 e. The van der Waals surface area contributed by atoms with Crippen molar-refractivity contribution < 1.29 is 19.2 Å². The van der Waals surface area contributed by atoms with E-state index < -0.39 is 4.92 Å². The second-order valence-electron chi connectivity index (χ2n) is 5.61. The van der Waals surface area contributed by atoms with Crippen molar-refractivity contribution in [2.75, 3.05) is 33.4 Å². The van der Waals surface area contributed by atoms with E-state index in [0.29, 0.717) is 31.9 Å². The zero-order chi connectivity index (χ0) is 15.0. The third kappa shape index (κ3) is 2.33. The first-order valence-electron chi connectivity index (χ1n) is 6.74. The summed E-state index contributed by atoms with van der Waals surface area (Å²) < 4.78 is 10.2. The molecule has 1 amide bonds. The number of nitro benzene ring substituents is 1. The molecule has 0 radical (unpaired) electrons. The van der Waals surface area contributed by atoms with Gasteiger partial charge in [-0.05, 0) is 12.5 Å². The average molecular weight is 292 g/mol. The van der Waals surface area contributed by atoms with Gasteiger partial charge >= 0.3 is 5.69 Å². The smallest absolute Gasteiger partial charge is 0.310 e. The minimum atomic E-state index is -0.524. The second-order valence-corrected chi connectivity index (χ2v) is 5.61. The highest BCUT2D eigenvalue weighted by molar-refractivity contribution is 5.95. The van der Waals surface area contributed by atoms with Crippen molar-refractivity contribution in [3.63, 3.8) is 0 Å². The van der Waals surface area contributed by atoms with Crippen molar-refractivity contribution in [2.24, 2.45) is 5.41 Å². The quantitative estimate of drug-likeness (QED) is 0.622. The molecule has 1 aromatic rings. The summed E-state index contributed by atoms with van der Waals surface area (Å²) in [5.74, 6) is -0.0151. The van der Waals surface area contributed by atoms with Gasteiger partial charge in [0.2, 0.25) is 0 Å². The van der Waals surface area contributed by atoms with Gasteiger partial charge in [-0.25, -0.2) is 0 Å². The van der Waals surface area contributed by atoms with Gasteiger partial charge in [0.05, 0.1) is 25.2 Å². The van der Waals surface area contributed by atoms with E-state index in [0.717, 1.165) is 6.42 Å². The number of benzene rings is 1. The van der Waals surface area contributed by atoms with Gasteiger partial charge in [-0.3, -0.25) is 14.9 Å². The number of ether oxygens (including phenoxy) is 2. The molecule has 2 aliphatic heterocycles. The van der Waals surface area contributed by atoms with Crippen LogP contribution in [-0.2, 0) is 4.74 Å². The monoisotopic (exact) mass is 292 g/mol. The molecule has 1 spiro atoms. The lowest BCUT2D eigenvalue weighted by atomic mass is 9.85. The lowest BCUT2D eigenvalue weighted by Crippen LogP contribution is -2.45. The minimum absolute atomic E-state index is 0.103. The van der Waals surface area contributed by atoms with Gasteiger partial charge in [0.25, 0.3) is 5.91 Å². The third-order valence-electron chi connectivity index (χ3n) is 4.17. The third-order valence-corrected chi connectivity index (χ3v) is 4.17. The number of carbonyl (C=O) groups is 1. The Kier molecular flexibility index (Phi) is 3.29. The number of rotatable bonds is 3. The highest BCUT2D eigenvalue weighted by Crippen LogP contribution is 2.38. The summed E-state index contributed by atoms with van der Waals surface area (Å²) in [5.41, 5.74) is 0.398. The van der Waals surface area contributed by atoms with Crippen LogP contribution < -0.4 is 4.74 Å². The predicted octanol–water partition coefficient (Wildman–Crippen LogP) is 1.47. The lowest BCUT2D eigenvalue weighted by molar-refractivity contribution is -0.385. The minimum Gasteiger partial charge on any atom is -0.490 e. The van der Waals surface area contributed by atoms with Gasteiger partial charge in [-0.15, -0.1) is 0 Å². The zero-order valence-corrected chi connectivity index (χ0v) is 11.7. The van der Waals surface area contributed by atoms with E-state index >= 15 is 0 Å². The van der Waals surface area contributed by atoms with Gasteiger partial charge in [0.15, 0.2) is 5.75 Å². The summed E-state index contributed by atoms with van der Waals surface area (Å²) >= 11 is 0. The highest BCUT2D eigenvalue weighted by atomic mass is 16.6. The van der Waals surface area contributed by atoms with Crippen LogP contribution in [0.1, 0.15) is 16.8 Å². The number of hydrogen-bond acceptors (Lipinski definition) is 5. The maximum absolute atomic E-state index is 12.5. The molecule has 21 heavy (non-hydrogen) atoms. The molecular formula is C14H16N2O5. The van der Waals surface area contributed by atoms with Crippen molar-refractivity contribution in [3.05, 3.63) is 33.9 Å². The number of nitro groups is 1. The second kappa shape index (κ2) is 5.00. The Morgan fingerprint density at radius 3 is 2.76 bits per heavy atom. The number of methoxy groups -OCH3 is 1. The Hall–Kier alpha value is -2.15. The van der Waals surface area contributed by atoms with Crippen LogP contribution in [0.4, 0.5) is 5.69 Å². The van der Waals surface area contributed by atoms with Gasteiger partial charge in [-0.2, -0.15) is 0 Å². The SMILES string of the molecule is COc1cc(C(=O)N2CCC3(COC3)C2)ccc1[N+](=O)[O-]. The molecule has 7 nitrogen and oxygen atoms in total. The summed E-state index contributed by atoms with van der Waals surface area (Å²) in [5, 5.41) is 10.9. The van der Waals surface area contributed by atoms with Crippen molar-refractivity contribution in [1.29, 1.82) is 0 Å². The topological polar surface area (TPSA) is 81.9 Å². The van der Waals surface area contributed by atoms with Gasteiger partial charge in [0.1, 0.15) is 0 Å². The lowest BCUT2D eigenvalue weighted by Gasteiger charge is -2.37. The normalized spacial score (nSPS) is 19.4. The van der Waals surface area contributed by atoms with Gasteiger partial charge in [0, 0.05) is 36.2 Å². The summed E-state index contributed by atoms with van der Waals surface area (Å²) in [4.78, 5) is 24.6. The Bertz CT molecular complexity index is 597. The van der Waals surface area contributed by atoms with Crippen molar-refractivity contribution in [3.8, 4) is 5.75 Å². The first-order valence-corrected chi connectivity index (χ1v) is 6.74.